The van der Waals surface area contributed by atoms with E-state index in [0.29, 0.717) is 0 Å². The summed E-state index contributed by atoms with van der Waals surface area (Å²) in [6, 6.07) is 7.53. The summed E-state index contributed by atoms with van der Waals surface area (Å²) in [5, 5.41) is 4.23. The molecule has 0 unspecified atom stereocenters. The van der Waals surface area contributed by atoms with Crippen LogP contribution in [0, 0.1) is 13.0 Å². The first-order chi connectivity index (χ1) is 4.86. The van der Waals surface area contributed by atoms with E-state index in [1.807, 2.05) is 0 Å². The van der Waals surface area contributed by atoms with Crippen LogP contribution < -0.4 is 0 Å². The van der Waals surface area contributed by atoms with Crippen LogP contribution in [0.15, 0.2) is 22.9 Å². The van der Waals surface area contributed by atoms with Gasteiger partial charge in [0, 0.05) is 0 Å². The van der Waals surface area contributed by atoms with Gasteiger partial charge in [0.15, 0.2) is 0 Å². The van der Waals surface area contributed by atoms with E-state index < -0.39 is 0 Å². The minimum Gasteiger partial charge on any atom is -0.152 e. The molecule has 49 valence electrons. The number of rotatable bonds is 0. The van der Waals surface area contributed by atoms with Crippen LogP contribution in [0.25, 0.3) is 11.1 Å². The van der Waals surface area contributed by atoms with Crippen molar-refractivity contribution < 1.29 is 0 Å². The van der Waals surface area contributed by atoms with Crippen molar-refractivity contribution in [3.8, 4) is 11.1 Å². The molecule has 0 aromatic carbocycles. The summed E-state index contributed by atoms with van der Waals surface area (Å²) in [5.74, 6) is 0. The summed E-state index contributed by atoms with van der Waals surface area (Å²) < 4.78 is 0. The first kappa shape index (κ1) is 5.93. The molecule has 0 N–H and O–H groups in total. The Balaban J connectivity index is 2.76. The topological polar surface area (TPSA) is 0 Å². The molecule has 10 heavy (non-hydrogen) atoms. The van der Waals surface area contributed by atoms with E-state index >= 15 is 0 Å². The standard InChI is InChI=1S/C9H7S/c1-7-4-8-2-3-10-6-9(8)5-7/h2-3,5-6H,1H3. The summed E-state index contributed by atoms with van der Waals surface area (Å²) in [5.41, 5.74) is 3.77. The Hall–Kier alpha value is -0.820. The first-order valence-corrected chi connectivity index (χ1v) is 4.15. The third-order valence-corrected chi connectivity index (χ3v) is 2.21. The molecule has 0 nitrogen and oxygen atoms in total. The molecule has 0 aromatic heterocycles. The Labute approximate surface area is 64.5 Å². The minimum atomic E-state index is 1.23. The van der Waals surface area contributed by atoms with Gasteiger partial charge in [-0.05, 0) is 52.6 Å². The van der Waals surface area contributed by atoms with Gasteiger partial charge in [-0.1, -0.05) is 0 Å². The third-order valence-electron chi connectivity index (χ3n) is 1.52. The van der Waals surface area contributed by atoms with Gasteiger partial charge in [0.05, 0.1) is 0 Å². The molecule has 0 atom stereocenters. The van der Waals surface area contributed by atoms with Crippen molar-refractivity contribution in [3.05, 3.63) is 34.5 Å². The van der Waals surface area contributed by atoms with Gasteiger partial charge in [-0.25, -0.2) is 0 Å². The second-order valence-electron chi connectivity index (χ2n) is 2.38. The zero-order chi connectivity index (χ0) is 6.97. The van der Waals surface area contributed by atoms with Crippen LogP contribution >= 0.6 is 11.3 Å². The second-order valence-corrected chi connectivity index (χ2v) is 3.16. The fourth-order valence-corrected chi connectivity index (χ4v) is 1.72. The SMILES string of the molecule is Cc1[c]c2ccscc-2c1. The third kappa shape index (κ3) is 0.830. The molecular formula is C9H7S. The highest BCUT2D eigenvalue weighted by molar-refractivity contribution is 7.07. The van der Waals surface area contributed by atoms with E-state index in [1.54, 1.807) is 11.3 Å². The molecule has 0 fully saturated rings. The normalized spacial score (nSPS) is 10.5. The molecule has 1 aliphatic heterocycles. The molecule has 0 saturated heterocycles. The van der Waals surface area contributed by atoms with E-state index in [-0.39, 0.29) is 0 Å². The monoisotopic (exact) mass is 147 g/mol. The van der Waals surface area contributed by atoms with Gasteiger partial charge >= 0.3 is 0 Å². The molecule has 2 rings (SSSR count). The van der Waals surface area contributed by atoms with Crippen molar-refractivity contribution in [2.24, 2.45) is 0 Å². The Morgan fingerprint density at radius 1 is 1.50 bits per heavy atom. The van der Waals surface area contributed by atoms with Gasteiger partial charge in [-0.3, -0.25) is 0 Å². The minimum absolute atomic E-state index is 1.23. The maximum atomic E-state index is 3.27. The predicted octanol–water partition coefficient (Wildman–Crippen LogP) is 2.96. The summed E-state index contributed by atoms with van der Waals surface area (Å²) in [6.07, 6.45) is 0. The Morgan fingerprint density at radius 3 is 3.20 bits per heavy atom. The fraction of sp³-hybridized carbons (Fsp3) is 0.111. The maximum Gasteiger partial charge on any atom is -0.00147 e. The van der Waals surface area contributed by atoms with E-state index in [2.05, 4.69) is 35.9 Å². The van der Waals surface area contributed by atoms with Crippen LogP contribution in [0.4, 0.5) is 0 Å². The number of aryl methyl sites for hydroxylation is 1. The summed E-state index contributed by atoms with van der Waals surface area (Å²) in [7, 11) is 0. The largest absolute Gasteiger partial charge is 0.152 e. The van der Waals surface area contributed by atoms with Crippen molar-refractivity contribution in [2.75, 3.05) is 0 Å². The number of hydrogen-bond acceptors (Lipinski definition) is 1. The highest BCUT2D eigenvalue weighted by Gasteiger charge is 2.01. The lowest BCUT2D eigenvalue weighted by Crippen LogP contribution is -1.64. The molecule has 1 heteroatoms. The average molecular weight is 147 g/mol. The predicted molar refractivity (Wildman–Crippen MR) is 44.5 cm³/mol. The quantitative estimate of drug-likeness (QED) is 0.537. The van der Waals surface area contributed by atoms with Gasteiger partial charge in [0.1, 0.15) is 0 Å². The summed E-state index contributed by atoms with van der Waals surface area (Å²) in [4.78, 5) is 0. The van der Waals surface area contributed by atoms with E-state index in [0.717, 1.165) is 0 Å². The molecule has 0 saturated carbocycles. The molecular weight excluding hydrogens is 140 g/mol. The highest BCUT2D eigenvalue weighted by atomic mass is 32.1. The van der Waals surface area contributed by atoms with Gasteiger partial charge in [-0.15, -0.1) is 0 Å². The Bertz CT molecular complexity index is 279. The molecule has 0 aromatic rings. The number of hydrogen-bond donors (Lipinski definition) is 0. The van der Waals surface area contributed by atoms with Crippen LogP contribution in [0.1, 0.15) is 5.56 Å². The van der Waals surface area contributed by atoms with E-state index in [4.69, 9.17) is 0 Å². The van der Waals surface area contributed by atoms with Crippen LogP contribution in [0.5, 0.6) is 0 Å². The zero-order valence-corrected chi connectivity index (χ0v) is 6.53. The Morgan fingerprint density at radius 2 is 2.40 bits per heavy atom. The molecule has 0 bridgehead atoms. The molecule has 1 radical (unpaired) electrons. The van der Waals surface area contributed by atoms with E-state index in [1.165, 1.54) is 16.7 Å². The second kappa shape index (κ2) is 2.10. The van der Waals surface area contributed by atoms with Crippen LogP contribution in [-0.2, 0) is 0 Å². The lowest BCUT2D eigenvalue weighted by molar-refractivity contribution is 1.55. The van der Waals surface area contributed by atoms with Crippen LogP contribution in [-0.4, -0.2) is 0 Å². The molecule has 0 spiro atoms. The molecule has 1 heterocycles. The van der Waals surface area contributed by atoms with Crippen molar-refractivity contribution in [2.45, 2.75) is 6.92 Å². The molecule has 0 amide bonds. The van der Waals surface area contributed by atoms with Crippen molar-refractivity contribution in [3.63, 3.8) is 0 Å². The number of fused-ring (bicyclic) bond motifs is 1. The first-order valence-electron chi connectivity index (χ1n) is 3.21. The van der Waals surface area contributed by atoms with Gasteiger partial charge in [-0.2, -0.15) is 11.3 Å². The van der Waals surface area contributed by atoms with Crippen molar-refractivity contribution in [1.29, 1.82) is 0 Å². The van der Waals surface area contributed by atoms with Crippen molar-refractivity contribution >= 4 is 11.3 Å². The van der Waals surface area contributed by atoms with Gasteiger partial charge < -0.3 is 0 Å². The molecule has 1 aliphatic carbocycles. The van der Waals surface area contributed by atoms with Crippen LogP contribution in [0.3, 0.4) is 0 Å². The van der Waals surface area contributed by atoms with Crippen molar-refractivity contribution in [1.82, 2.24) is 0 Å². The van der Waals surface area contributed by atoms with Crippen LogP contribution in [0.2, 0.25) is 0 Å². The Kier molecular flexibility index (Phi) is 1.24. The van der Waals surface area contributed by atoms with Gasteiger partial charge in [0.2, 0.25) is 0 Å². The highest BCUT2D eigenvalue weighted by Crippen LogP contribution is 2.25. The van der Waals surface area contributed by atoms with Gasteiger partial charge in [0.25, 0.3) is 0 Å². The smallest absolute Gasteiger partial charge is 0.00147 e. The summed E-state index contributed by atoms with van der Waals surface area (Å²) >= 11 is 1.73. The molecule has 2 aliphatic rings. The lowest BCUT2D eigenvalue weighted by atomic mass is 10.2. The zero-order valence-electron chi connectivity index (χ0n) is 5.72. The fourth-order valence-electron chi connectivity index (χ4n) is 1.09. The lowest BCUT2D eigenvalue weighted by Gasteiger charge is -1.91. The maximum absolute atomic E-state index is 3.27. The average Bonchev–Trinajstić information content (AvgIpc) is 2.27. The van der Waals surface area contributed by atoms with E-state index in [9.17, 15) is 0 Å². The summed E-state index contributed by atoms with van der Waals surface area (Å²) in [6.45, 7) is 2.07.